The number of hydrogen-bond acceptors (Lipinski definition) is 5. The van der Waals surface area contributed by atoms with E-state index in [1.807, 2.05) is 0 Å². The van der Waals surface area contributed by atoms with Gasteiger partial charge in [-0.3, -0.25) is 9.59 Å². The fourth-order valence-electron chi connectivity index (χ4n) is 1.02. The standard InChI is InChI=1S/C10H20N2O2S3/c11-9(13)5-1-3-7-15-17-16-8-4-2-6-10(12)14/h1-8H2,(H2,11,13)(H2,12,14). The van der Waals surface area contributed by atoms with Crippen LogP contribution in [-0.4, -0.2) is 23.3 Å². The number of carbonyl (C=O) groups excluding carboxylic acids is 2. The van der Waals surface area contributed by atoms with Crippen molar-refractivity contribution in [2.24, 2.45) is 11.5 Å². The van der Waals surface area contributed by atoms with Gasteiger partial charge in [0.05, 0.1) is 0 Å². The highest BCUT2D eigenvalue weighted by molar-refractivity contribution is 9.09. The summed E-state index contributed by atoms with van der Waals surface area (Å²) in [6.45, 7) is 0. The van der Waals surface area contributed by atoms with Gasteiger partial charge in [0.25, 0.3) is 0 Å². The summed E-state index contributed by atoms with van der Waals surface area (Å²) >= 11 is 0. The van der Waals surface area contributed by atoms with Crippen LogP contribution in [0.2, 0.25) is 0 Å². The molecule has 4 N–H and O–H groups in total. The molecule has 0 bridgehead atoms. The Morgan fingerprint density at radius 1 is 0.765 bits per heavy atom. The average molecular weight is 296 g/mol. The lowest BCUT2D eigenvalue weighted by Gasteiger charge is -2.00. The number of unbranched alkanes of at least 4 members (excludes halogenated alkanes) is 2. The lowest BCUT2D eigenvalue weighted by molar-refractivity contribution is -0.118. The maximum atomic E-state index is 10.5. The van der Waals surface area contributed by atoms with Gasteiger partial charge in [-0.05, 0) is 35.5 Å². The molecule has 0 aromatic carbocycles. The van der Waals surface area contributed by atoms with Gasteiger partial charge >= 0.3 is 0 Å². The molecule has 0 radical (unpaired) electrons. The third-order valence-corrected chi connectivity index (χ3v) is 6.31. The molecule has 0 atom stereocenters. The number of rotatable bonds is 12. The second-order valence-corrected chi connectivity index (χ2v) is 8.03. The van der Waals surface area contributed by atoms with Crippen molar-refractivity contribution in [3.63, 3.8) is 0 Å². The fourth-order valence-corrected chi connectivity index (χ4v) is 5.03. The van der Waals surface area contributed by atoms with Crippen molar-refractivity contribution in [2.45, 2.75) is 38.5 Å². The highest BCUT2D eigenvalue weighted by atomic mass is 33.5. The van der Waals surface area contributed by atoms with Gasteiger partial charge in [0, 0.05) is 24.3 Å². The zero-order valence-corrected chi connectivity index (χ0v) is 12.3. The van der Waals surface area contributed by atoms with Crippen molar-refractivity contribution in [1.82, 2.24) is 0 Å². The molecular weight excluding hydrogens is 276 g/mol. The zero-order valence-electron chi connectivity index (χ0n) is 9.85. The van der Waals surface area contributed by atoms with Gasteiger partial charge in [-0.15, -0.1) is 0 Å². The van der Waals surface area contributed by atoms with Crippen LogP contribution in [-0.2, 0) is 9.59 Å². The Bertz CT molecular complexity index is 206. The van der Waals surface area contributed by atoms with E-state index in [0.717, 1.165) is 37.2 Å². The first-order valence-corrected chi connectivity index (χ1v) is 9.42. The minimum Gasteiger partial charge on any atom is -0.370 e. The predicted octanol–water partition coefficient (Wildman–Crippen LogP) is 2.33. The van der Waals surface area contributed by atoms with Crippen LogP contribution in [0.4, 0.5) is 0 Å². The van der Waals surface area contributed by atoms with Gasteiger partial charge in [-0.2, -0.15) is 0 Å². The first kappa shape index (κ1) is 17.0. The summed E-state index contributed by atoms with van der Waals surface area (Å²) in [6.07, 6.45) is 4.81. The monoisotopic (exact) mass is 296 g/mol. The van der Waals surface area contributed by atoms with E-state index >= 15 is 0 Å². The van der Waals surface area contributed by atoms with E-state index in [9.17, 15) is 9.59 Å². The normalized spacial score (nSPS) is 10.4. The van der Waals surface area contributed by atoms with E-state index in [1.165, 1.54) is 0 Å². The van der Waals surface area contributed by atoms with E-state index < -0.39 is 0 Å². The molecule has 100 valence electrons. The summed E-state index contributed by atoms with van der Waals surface area (Å²) in [7, 11) is 5.38. The Morgan fingerprint density at radius 2 is 1.18 bits per heavy atom. The van der Waals surface area contributed by atoms with E-state index in [2.05, 4.69) is 0 Å². The highest BCUT2D eigenvalue weighted by Crippen LogP contribution is 2.35. The lowest BCUT2D eigenvalue weighted by atomic mass is 10.2. The highest BCUT2D eigenvalue weighted by Gasteiger charge is 1.97. The van der Waals surface area contributed by atoms with Crippen LogP contribution < -0.4 is 11.5 Å². The summed E-state index contributed by atoms with van der Waals surface area (Å²) in [4.78, 5) is 20.9. The molecular formula is C10H20N2O2S3. The summed E-state index contributed by atoms with van der Waals surface area (Å²) in [5, 5.41) is 0. The predicted molar refractivity (Wildman–Crippen MR) is 78.6 cm³/mol. The maximum absolute atomic E-state index is 10.5. The molecule has 0 fully saturated rings. The van der Waals surface area contributed by atoms with E-state index in [-0.39, 0.29) is 11.8 Å². The van der Waals surface area contributed by atoms with Gasteiger partial charge in [0.1, 0.15) is 0 Å². The number of hydrogen-bond donors (Lipinski definition) is 2. The molecule has 2 amide bonds. The largest absolute Gasteiger partial charge is 0.370 e. The fraction of sp³-hybridized carbons (Fsp3) is 0.800. The first-order chi connectivity index (χ1) is 8.13. The Morgan fingerprint density at radius 3 is 1.53 bits per heavy atom. The molecule has 0 aromatic rings. The van der Waals surface area contributed by atoms with Crippen molar-refractivity contribution in [2.75, 3.05) is 11.5 Å². The molecule has 0 spiro atoms. The van der Waals surface area contributed by atoms with Crippen LogP contribution in [0, 0.1) is 0 Å². The molecule has 0 saturated carbocycles. The molecule has 0 unspecified atom stereocenters. The van der Waals surface area contributed by atoms with Gasteiger partial charge in [-0.1, -0.05) is 21.6 Å². The van der Waals surface area contributed by atoms with Gasteiger partial charge < -0.3 is 11.5 Å². The van der Waals surface area contributed by atoms with Gasteiger partial charge in [0.2, 0.25) is 11.8 Å². The molecule has 0 heterocycles. The molecule has 17 heavy (non-hydrogen) atoms. The van der Waals surface area contributed by atoms with Crippen molar-refractivity contribution >= 4 is 43.2 Å². The number of amides is 2. The Hall–Kier alpha value is -0.0100. The molecule has 7 heteroatoms. The van der Waals surface area contributed by atoms with Crippen LogP contribution >= 0.6 is 31.4 Å². The second-order valence-electron chi connectivity index (χ2n) is 3.56. The number of nitrogens with two attached hydrogens (primary N) is 2. The van der Waals surface area contributed by atoms with E-state index in [1.54, 1.807) is 31.4 Å². The van der Waals surface area contributed by atoms with E-state index in [0.29, 0.717) is 12.8 Å². The third-order valence-electron chi connectivity index (χ3n) is 1.90. The molecule has 0 aromatic heterocycles. The topological polar surface area (TPSA) is 86.2 Å². The van der Waals surface area contributed by atoms with Crippen molar-refractivity contribution in [1.29, 1.82) is 0 Å². The summed E-state index contributed by atoms with van der Waals surface area (Å²) in [5.41, 5.74) is 10.1. The minimum absolute atomic E-state index is 0.216. The Kier molecular flexibility index (Phi) is 12.4. The quantitative estimate of drug-likeness (QED) is 0.426. The summed E-state index contributed by atoms with van der Waals surface area (Å²) in [6, 6.07) is 0. The first-order valence-electron chi connectivity index (χ1n) is 5.60. The van der Waals surface area contributed by atoms with Crippen molar-refractivity contribution in [3.8, 4) is 0 Å². The van der Waals surface area contributed by atoms with Crippen molar-refractivity contribution in [3.05, 3.63) is 0 Å². The lowest BCUT2D eigenvalue weighted by Crippen LogP contribution is -2.09. The minimum atomic E-state index is -0.216. The van der Waals surface area contributed by atoms with Crippen LogP contribution in [0.1, 0.15) is 38.5 Å². The Labute approximate surface area is 114 Å². The SMILES string of the molecule is NC(=O)CCCCSSSCCCCC(N)=O. The Balaban J connectivity index is 2.98. The smallest absolute Gasteiger partial charge is 0.217 e. The van der Waals surface area contributed by atoms with Crippen LogP contribution in [0.3, 0.4) is 0 Å². The molecule has 0 aliphatic rings. The number of primary amides is 2. The molecule has 4 nitrogen and oxygen atoms in total. The molecule has 0 rings (SSSR count). The summed E-state index contributed by atoms with van der Waals surface area (Å²) < 4.78 is 0. The molecule has 0 aliphatic carbocycles. The zero-order chi connectivity index (χ0) is 12.9. The average Bonchev–Trinajstić information content (AvgIpc) is 2.25. The van der Waals surface area contributed by atoms with Gasteiger partial charge in [0.15, 0.2) is 0 Å². The number of carbonyl (C=O) groups is 2. The van der Waals surface area contributed by atoms with Crippen LogP contribution in [0.25, 0.3) is 0 Å². The van der Waals surface area contributed by atoms with Crippen LogP contribution in [0.5, 0.6) is 0 Å². The van der Waals surface area contributed by atoms with Crippen molar-refractivity contribution < 1.29 is 9.59 Å². The molecule has 0 aliphatic heterocycles. The molecule has 0 saturated heterocycles. The second kappa shape index (κ2) is 12.4. The third kappa shape index (κ3) is 16.0. The maximum Gasteiger partial charge on any atom is 0.217 e. The van der Waals surface area contributed by atoms with E-state index in [4.69, 9.17) is 11.5 Å². The summed E-state index contributed by atoms with van der Waals surface area (Å²) in [5.74, 6) is 1.66. The van der Waals surface area contributed by atoms with Crippen LogP contribution in [0.15, 0.2) is 0 Å². The van der Waals surface area contributed by atoms with Gasteiger partial charge in [-0.25, -0.2) is 0 Å².